The number of nitrogens with zero attached hydrogens (tertiary/aromatic N) is 3. The van der Waals surface area contributed by atoms with E-state index in [1.165, 1.54) is 86.4 Å². The molecule has 0 amide bonds. The average Bonchev–Trinajstić information content (AvgIpc) is 3.84. The van der Waals surface area contributed by atoms with E-state index in [4.69, 9.17) is 0 Å². The Labute approximate surface area is 434 Å². The molecule has 14 aromatic carbocycles. The largest absolute Gasteiger partial charge is 0.309 e. The van der Waals surface area contributed by atoms with Gasteiger partial charge in [0.1, 0.15) is 0 Å². The molecule has 0 bridgehead atoms. The zero-order chi connectivity index (χ0) is 49.4. The number of fused-ring (bicyclic) bond motifs is 12. The van der Waals surface area contributed by atoms with E-state index < -0.39 is 0 Å². The lowest BCUT2D eigenvalue weighted by atomic mass is 9.95. The molecule has 3 nitrogen and oxygen atoms in total. The molecular weight excluding hydrogens is 907 g/mol. The number of para-hydroxylation sites is 1. The maximum atomic E-state index is 2.50. The second-order valence-corrected chi connectivity index (χ2v) is 19.6. The first-order chi connectivity index (χ1) is 37.2. The van der Waals surface area contributed by atoms with Crippen molar-refractivity contribution in [2.75, 3.05) is 9.80 Å². The van der Waals surface area contributed by atoms with E-state index in [2.05, 4.69) is 299 Å². The van der Waals surface area contributed by atoms with Crippen LogP contribution in [0.15, 0.2) is 285 Å². The summed E-state index contributed by atoms with van der Waals surface area (Å²) in [6.07, 6.45) is 0. The van der Waals surface area contributed by atoms with Gasteiger partial charge < -0.3 is 14.4 Å². The maximum absolute atomic E-state index is 2.50. The second-order valence-electron chi connectivity index (χ2n) is 19.6. The molecule has 0 fully saturated rings. The zero-order valence-corrected chi connectivity index (χ0v) is 41.0. The minimum absolute atomic E-state index is 1.05. The molecule has 0 atom stereocenters. The van der Waals surface area contributed by atoms with Crippen molar-refractivity contribution < 1.29 is 0 Å². The molecule has 0 saturated heterocycles. The van der Waals surface area contributed by atoms with E-state index in [0.717, 1.165) is 50.9 Å². The molecule has 15 rings (SSSR count). The molecule has 350 valence electrons. The number of anilines is 6. The first-order valence-electron chi connectivity index (χ1n) is 25.8. The van der Waals surface area contributed by atoms with Crippen molar-refractivity contribution in [3.05, 3.63) is 285 Å². The van der Waals surface area contributed by atoms with Crippen LogP contribution >= 0.6 is 0 Å². The Bertz CT molecular complexity index is 4380. The lowest BCUT2D eigenvalue weighted by molar-refractivity contribution is 1.19. The van der Waals surface area contributed by atoms with Crippen LogP contribution in [0.1, 0.15) is 0 Å². The van der Waals surface area contributed by atoms with Crippen LogP contribution in [0.25, 0.3) is 103 Å². The molecule has 0 aliphatic rings. The van der Waals surface area contributed by atoms with E-state index >= 15 is 0 Å². The van der Waals surface area contributed by atoms with Crippen LogP contribution in [0.5, 0.6) is 0 Å². The summed E-state index contributed by atoms with van der Waals surface area (Å²) in [6.45, 7) is 0. The highest BCUT2D eigenvalue weighted by Gasteiger charge is 2.25. The molecule has 0 radical (unpaired) electrons. The van der Waals surface area contributed by atoms with E-state index in [1.807, 2.05) is 0 Å². The minimum Gasteiger partial charge on any atom is -0.309 e. The lowest BCUT2D eigenvalue weighted by Crippen LogP contribution is -2.14. The van der Waals surface area contributed by atoms with Crippen molar-refractivity contribution in [2.45, 2.75) is 0 Å². The van der Waals surface area contributed by atoms with Gasteiger partial charge >= 0.3 is 0 Å². The van der Waals surface area contributed by atoms with Gasteiger partial charge in [0.2, 0.25) is 0 Å². The molecule has 1 heterocycles. The molecule has 0 unspecified atom stereocenters. The van der Waals surface area contributed by atoms with Crippen molar-refractivity contribution in [2.24, 2.45) is 0 Å². The Morgan fingerprint density at radius 3 is 1.08 bits per heavy atom. The highest BCUT2D eigenvalue weighted by atomic mass is 15.2. The van der Waals surface area contributed by atoms with Gasteiger partial charge in [0.05, 0.1) is 33.8 Å². The fourth-order valence-electron chi connectivity index (χ4n) is 12.2. The van der Waals surface area contributed by atoms with E-state index in [-0.39, 0.29) is 0 Å². The third-order valence-electron chi connectivity index (χ3n) is 15.4. The monoisotopic (exact) mass is 953 g/mol. The van der Waals surface area contributed by atoms with Crippen molar-refractivity contribution in [1.29, 1.82) is 0 Å². The van der Waals surface area contributed by atoms with Gasteiger partial charge in [-0.1, -0.05) is 218 Å². The van der Waals surface area contributed by atoms with Crippen molar-refractivity contribution in [3.8, 4) is 16.8 Å². The summed E-state index contributed by atoms with van der Waals surface area (Å²) < 4.78 is 2.48. The quantitative estimate of drug-likeness (QED) is 0.141. The molecular formula is C72H47N3. The maximum Gasteiger partial charge on any atom is 0.0625 e. The Hall–Kier alpha value is -9.96. The summed E-state index contributed by atoms with van der Waals surface area (Å²) in [7, 11) is 0. The number of benzene rings is 14. The first kappa shape index (κ1) is 42.7. The molecule has 0 N–H and O–H groups in total. The smallest absolute Gasteiger partial charge is 0.0625 e. The average molecular weight is 954 g/mol. The van der Waals surface area contributed by atoms with Gasteiger partial charge in [-0.2, -0.15) is 0 Å². The van der Waals surface area contributed by atoms with Crippen molar-refractivity contribution >= 4 is 121 Å². The first-order valence-corrected chi connectivity index (χ1v) is 25.8. The van der Waals surface area contributed by atoms with Crippen LogP contribution in [-0.2, 0) is 0 Å². The van der Waals surface area contributed by atoms with Gasteiger partial charge in [-0.15, -0.1) is 0 Å². The number of hydrogen-bond acceptors (Lipinski definition) is 2. The standard InChI is InChI=1S/C72H47N3/c1-2-28-54(29-3-1)75-70-43-42-52(46-65(70)71-63-36-14-12-34-61(63)62-35-13-15-37-64(62)72(71)75)53-44-55(73(66-38-16-24-48-20-4-8-30-57(48)66)67-39-17-25-49-21-5-9-31-58(49)67)47-56(45-53)74(68-40-18-26-50-22-6-10-32-59(50)68)69-41-19-27-51-23-7-11-33-60(51)69/h1-47H. The number of rotatable bonds is 8. The molecule has 3 heteroatoms. The van der Waals surface area contributed by atoms with Gasteiger partial charge in [-0.05, 0) is 116 Å². The topological polar surface area (TPSA) is 11.4 Å². The molecule has 0 aliphatic carbocycles. The Morgan fingerprint density at radius 2 is 0.613 bits per heavy atom. The molecule has 1 aromatic heterocycles. The summed E-state index contributed by atoms with van der Waals surface area (Å²) in [6, 6.07) is 105. The van der Waals surface area contributed by atoms with E-state index in [9.17, 15) is 0 Å². The lowest BCUT2D eigenvalue weighted by Gasteiger charge is -2.32. The predicted molar refractivity (Wildman–Crippen MR) is 321 cm³/mol. The highest BCUT2D eigenvalue weighted by Crippen LogP contribution is 2.50. The van der Waals surface area contributed by atoms with E-state index in [1.54, 1.807) is 0 Å². The van der Waals surface area contributed by atoms with Gasteiger partial charge in [0, 0.05) is 54.8 Å². The van der Waals surface area contributed by atoms with Crippen LogP contribution in [0.3, 0.4) is 0 Å². The summed E-state index contributed by atoms with van der Waals surface area (Å²) >= 11 is 0. The Morgan fingerprint density at radius 1 is 0.240 bits per heavy atom. The zero-order valence-electron chi connectivity index (χ0n) is 41.0. The van der Waals surface area contributed by atoms with Gasteiger partial charge in [-0.25, -0.2) is 0 Å². The van der Waals surface area contributed by atoms with Gasteiger partial charge in [0.15, 0.2) is 0 Å². The third-order valence-corrected chi connectivity index (χ3v) is 15.4. The fraction of sp³-hybridized carbons (Fsp3) is 0. The van der Waals surface area contributed by atoms with Crippen LogP contribution in [0, 0.1) is 0 Å². The van der Waals surface area contributed by atoms with Crippen LogP contribution in [0.4, 0.5) is 34.1 Å². The van der Waals surface area contributed by atoms with E-state index in [0.29, 0.717) is 0 Å². The molecule has 0 saturated carbocycles. The number of hydrogen-bond donors (Lipinski definition) is 0. The van der Waals surface area contributed by atoms with Crippen LogP contribution < -0.4 is 9.80 Å². The summed E-state index contributed by atoms with van der Waals surface area (Å²) in [5.41, 5.74) is 12.3. The van der Waals surface area contributed by atoms with Gasteiger partial charge in [0.25, 0.3) is 0 Å². The Balaban J connectivity index is 1.08. The summed E-state index contributed by atoms with van der Waals surface area (Å²) in [5, 5.41) is 16.9. The predicted octanol–water partition coefficient (Wildman–Crippen LogP) is 20.3. The second kappa shape index (κ2) is 17.4. The SMILES string of the molecule is c1ccc(-n2c3ccc(-c4cc(N(c5cccc6ccccc56)c5cccc6ccccc56)cc(N(c5cccc6ccccc56)c5cccc6ccccc56)c4)cc3c3c4ccccc4c4ccccc4c32)cc1. The fourth-order valence-corrected chi connectivity index (χ4v) is 12.2. The molecule has 0 aliphatic heterocycles. The van der Waals surface area contributed by atoms with Crippen molar-refractivity contribution in [3.63, 3.8) is 0 Å². The highest BCUT2D eigenvalue weighted by molar-refractivity contribution is 6.32. The molecule has 15 aromatic rings. The Kier molecular flexibility index (Phi) is 9.89. The van der Waals surface area contributed by atoms with Gasteiger partial charge in [-0.3, -0.25) is 0 Å². The summed E-state index contributed by atoms with van der Waals surface area (Å²) in [5.74, 6) is 0. The van der Waals surface area contributed by atoms with Crippen LogP contribution in [0.2, 0.25) is 0 Å². The molecule has 75 heavy (non-hydrogen) atoms. The third kappa shape index (κ3) is 6.90. The normalized spacial score (nSPS) is 11.7. The summed E-state index contributed by atoms with van der Waals surface area (Å²) in [4.78, 5) is 5.00. The van der Waals surface area contributed by atoms with Crippen LogP contribution in [-0.4, -0.2) is 4.57 Å². The van der Waals surface area contributed by atoms with Crippen molar-refractivity contribution in [1.82, 2.24) is 4.57 Å². The minimum atomic E-state index is 1.05. The molecule has 0 spiro atoms. The number of aromatic nitrogens is 1.